The molecule has 168 valence electrons. The lowest BCUT2D eigenvalue weighted by atomic mass is 10.1. The first-order valence-corrected chi connectivity index (χ1v) is 11.1. The van der Waals surface area contributed by atoms with Gasteiger partial charge in [0.15, 0.2) is 5.96 Å². The van der Waals surface area contributed by atoms with E-state index < -0.39 is 0 Å². The van der Waals surface area contributed by atoms with E-state index in [0.29, 0.717) is 19.7 Å². The fraction of sp³-hybridized carbons (Fsp3) is 0.360. The SMILES string of the molecule is CN=C(NCCNc1ccc2ccccc2n1)NCc1ccc(C)cc1OC1CCOC1. The van der Waals surface area contributed by atoms with E-state index in [4.69, 9.17) is 9.47 Å². The van der Waals surface area contributed by atoms with E-state index >= 15 is 0 Å². The fourth-order valence-electron chi connectivity index (χ4n) is 3.64. The molecule has 1 fully saturated rings. The van der Waals surface area contributed by atoms with E-state index in [1.165, 1.54) is 5.56 Å². The third-order valence-electron chi connectivity index (χ3n) is 5.40. The van der Waals surface area contributed by atoms with E-state index in [2.05, 4.69) is 63.2 Å². The average Bonchev–Trinajstić information content (AvgIpc) is 3.32. The molecule has 0 saturated carbocycles. The van der Waals surface area contributed by atoms with Gasteiger partial charge in [-0.2, -0.15) is 0 Å². The summed E-state index contributed by atoms with van der Waals surface area (Å²) in [4.78, 5) is 8.97. The lowest BCUT2D eigenvalue weighted by Crippen LogP contribution is -2.39. The number of guanidine groups is 1. The molecule has 7 nitrogen and oxygen atoms in total. The Hall–Kier alpha value is -3.32. The number of fused-ring (bicyclic) bond motifs is 1. The van der Waals surface area contributed by atoms with Gasteiger partial charge in [-0.25, -0.2) is 4.98 Å². The lowest BCUT2D eigenvalue weighted by molar-refractivity contribution is 0.140. The minimum absolute atomic E-state index is 0.128. The smallest absolute Gasteiger partial charge is 0.191 e. The van der Waals surface area contributed by atoms with Crippen LogP contribution >= 0.6 is 0 Å². The number of benzene rings is 2. The normalized spacial score (nSPS) is 16.2. The molecule has 1 atom stereocenters. The van der Waals surface area contributed by atoms with Crippen LogP contribution in [0.5, 0.6) is 5.75 Å². The van der Waals surface area contributed by atoms with Crippen LogP contribution in [0.3, 0.4) is 0 Å². The van der Waals surface area contributed by atoms with E-state index in [0.717, 1.165) is 53.6 Å². The van der Waals surface area contributed by atoms with Gasteiger partial charge < -0.3 is 25.4 Å². The summed E-state index contributed by atoms with van der Waals surface area (Å²) in [6, 6.07) is 18.5. The molecule has 1 unspecified atom stereocenters. The quantitative estimate of drug-likeness (QED) is 0.287. The van der Waals surface area contributed by atoms with Gasteiger partial charge in [0, 0.05) is 44.1 Å². The van der Waals surface area contributed by atoms with Crippen LogP contribution in [0.1, 0.15) is 17.5 Å². The summed E-state index contributed by atoms with van der Waals surface area (Å²) in [7, 11) is 1.77. The summed E-state index contributed by atoms with van der Waals surface area (Å²) >= 11 is 0. The second kappa shape index (κ2) is 10.8. The topological polar surface area (TPSA) is 79.8 Å². The molecule has 4 rings (SSSR count). The molecule has 0 radical (unpaired) electrons. The van der Waals surface area contributed by atoms with Crippen molar-refractivity contribution in [3.8, 4) is 5.75 Å². The van der Waals surface area contributed by atoms with Crippen LogP contribution in [-0.4, -0.2) is 50.4 Å². The van der Waals surface area contributed by atoms with Crippen LogP contribution in [0.4, 0.5) is 5.82 Å². The molecule has 1 aliphatic rings. The third kappa shape index (κ3) is 5.88. The van der Waals surface area contributed by atoms with Crippen molar-refractivity contribution in [2.24, 2.45) is 4.99 Å². The first-order valence-electron chi connectivity index (χ1n) is 11.1. The van der Waals surface area contributed by atoms with Crippen molar-refractivity contribution in [1.29, 1.82) is 0 Å². The molecule has 32 heavy (non-hydrogen) atoms. The first kappa shape index (κ1) is 21.9. The van der Waals surface area contributed by atoms with Crippen molar-refractivity contribution in [2.45, 2.75) is 26.0 Å². The van der Waals surface area contributed by atoms with Gasteiger partial charge in [-0.1, -0.05) is 30.3 Å². The van der Waals surface area contributed by atoms with Gasteiger partial charge in [0.25, 0.3) is 0 Å². The second-order valence-electron chi connectivity index (χ2n) is 7.88. The van der Waals surface area contributed by atoms with Gasteiger partial charge in [-0.15, -0.1) is 0 Å². The minimum atomic E-state index is 0.128. The summed E-state index contributed by atoms with van der Waals surface area (Å²) in [5, 5.41) is 11.2. The standard InChI is InChI=1S/C25H31N5O2/c1-18-7-8-20(23(15-18)32-21-11-14-31-17-21)16-29-25(26-2)28-13-12-27-24-10-9-19-5-3-4-6-22(19)30-24/h3-10,15,21H,11-14,16-17H2,1-2H3,(H,27,30)(H2,26,28,29). The van der Waals surface area contributed by atoms with Crippen LogP contribution in [0, 0.1) is 6.92 Å². The summed E-state index contributed by atoms with van der Waals surface area (Å²) < 4.78 is 11.6. The van der Waals surface area contributed by atoms with Crippen molar-refractivity contribution in [2.75, 3.05) is 38.7 Å². The summed E-state index contributed by atoms with van der Waals surface area (Å²) in [6.07, 6.45) is 1.06. The Balaban J connectivity index is 1.26. The second-order valence-corrected chi connectivity index (χ2v) is 7.88. The van der Waals surface area contributed by atoms with Gasteiger partial charge in [0.05, 0.1) is 18.7 Å². The molecule has 1 saturated heterocycles. The Morgan fingerprint density at radius 2 is 2.03 bits per heavy atom. The molecule has 1 aromatic heterocycles. The molecule has 0 spiro atoms. The number of ether oxygens (including phenoxy) is 2. The predicted molar refractivity (Wildman–Crippen MR) is 129 cm³/mol. The van der Waals surface area contributed by atoms with Gasteiger partial charge in [0.1, 0.15) is 17.7 Å². The van der Waals surface area contributed by atoms with E-state index in [1.54, 1.807) is 7.05 Å². The van der Waals surface area contributed by atoms with Crippen LogP contribution < -0.4 is 20.7 Å². The minimum Gasteiger partial charge on any atom is -0.488 e. The summed E-state index contributed by atoms with van der Waals surface area (Å²) in [5.74, 6) is 2.52. The maximum absolute atomic E-state index is 6.19. The maximum atomic E-state index is 6.19. The largest absolute Gasteiger partial charge is 0.488 e. The Labute approximate surface area is 189 Å². The highest BCUT2D eigenvalue weighted by Crippen LogP contribution is 2.23. The van der Waals surface area contributed by atoms with Crippen LogP contribution in [0.2, 0.25) is 0 Å². The van der Waals surface area contributed by atoms with Gasteiger partial charge >= 0.3 is 0 Å². The number of aromatic nitrogens is 1. The van der Waals surface area contributed by atoms with Crippen LogP contribution in [0.15, 0.2) is 59.6 Å². The number of aryl methyl sites for hydroxylation is 1. The monoisotopic (exact) mass is 433 g/mol. The zero-order chi connectivity index (χ0) is 22.2. The van der Waals surface area contributed by atoms with Crippen molar-refractivity contribution >= 4 is 22.7 Å². The number of para-hydroxylation sites is 1. The van der Waals surface area contributed by atoms with Crippen molar-refractivity contribution in [1.82, 2.24) is 15.6 Å². The highest BCUT2D eigenvalue weighted by molar-refractivity contribution is 5.80. The average molecular weight is 434 g/mol. The van der Waals surface area contributed by atoms with Gasteiger partial charge in [-0.05, 0) is 36.8 Å². The molecule has 1 aliphatic heterocycles. The number of nitrogens with zero attached hydrogens (tertiary/aromatic N) is 2. The van der Waals surface area contributed by atoms with Crippen molar-refractivity contribution < 1.29 is 9.47 Å². The molecule has 0 aliphatic carbocycles. The zero-order valence-corrected chi connectivity index (χ0v) is 18.7. The molecule has 3 N–H and O–H groups in total. The molecule has 3 aromatic rings. The number of nitrogens with one attached hydrogen (secondary N) is 3. The molecule has 7 heteroatoms. The van der Waals surface area contributed by atoms with E-state index in [9.17, 15) is 0 Å². The Morgan fingerprint density at radius 3 is 2.88 bits per heavy atom. The number of aliphatic imine (C=N–C) groups is 1. The van der Waals surface area contributed by atoms with Crippen molar-refractivity contribution in [3.63, 3.8) is 0 Å². The third-order valence-corrected chi connectivity index (χ3v) is 5.40. The Bertz CT molecular complexity index is 1060. The van der Waals surface area contributed by atoms with E-state index in [1.807, 2.05) is 24.3 Å². The van der Waals surface area contributed by atoms with Crippen molar-refractivity contribution in [3.05, 3.63) is 65.7 Å². The first-order chi connectivity index (χ1) is 15.7. The number of anilines is 1. The highest BCUT2D eigenvalue weighted by Gasteiger charge is 2.18. The van der Waals surface area contributed by atoms with Crippen LogP contribution in [0.25, 0.3) is 10.9 Å². The fourth-order valence-corrected chi connectivity index (χ4v) is 3.64. The molecule has 0 bridgehead atoms. The van der Waals surface area contributed by atoms with Gasteiger partial charge in [-0.3, -0.25) is 4.99 Å². The van der Waals surface area contributed by atoms with Gasteiger partial charge in [0.2, 0.25) is 0 Å². The predicted octanol–water partition coefficient (Wildman–Crippen LogP) is 3.49. The number of pyridine rings is 1. The molecule has 0 amide bonds. The summed E-state index contributed by atoms with van der Waals surface area (Å²) in [6.45, 7) is 5.57. The molecular formula is C25H31N5O2. The van der Waals surface area contributed by atoms with Crippen LogP contribution in [-0.2, 0) is 11.3 Å². The zero-order valence-electron chi connectivity index (χ0n) is 18.7. The number of hydrogen-bond donors (Lipinski definition) is 3. The number of hydrogen-bond acceptors (Lipinski definition) is 5. The molecule has 2 aromatic carbocycles. The Morgan fingerprint density at radius 1 is 1.12 bits per heavy atom. The van der Waals surface area contributed by atoms with E-state index in [-0.39, 0.29) is 6.10 Å². The Kier molecular flexibility index (Phi) is 7.40. The molecular weight excluding hydrogens is 402 g/mol. The lowest BCUT2D eigenvalue weighted by Gasteiger charge is -2.18. The maximum Gasteiger partial charge on any atom is 0.191 e. The summed E-state index contributed by atoms with van der Waals surface area (Å²) in [5.41, 5.74) is 3.27. The number of rotatable bonds is 8. The molecule has 2 heterocycles. The highest BCUT2D eigenvalue weighted by atomic mass is 16.5.